The van der Waals surface area contributed by atoms with E-state index in [0.717, 1.165) is 6.42 Å². The summed E-state index contributed by atoms with van der Waals surface area (Å²) in [7, 11) is 0. The Balaban J connectivity index is 2.98. The van der Waals surface area contributed by atoms with Crippen LogP contribution < -0.4 is 5.73 Å². The van der Waals surface area contributed by atoms with Gasteiger partial charge >= 0.3 is 5.97 Å². The van der Waals surface area contributed by atoms with Crippen molar-refractivity contribution in [2.45, 2.75) is 46.8 Å². The molecule has 0 spiro atoms. The van der Waals surface area contributed by atoms with Gasteiger partial charge in [0, 0.05) is 6.54 Å². The van der Waals surface area contributed by atoms with Crippen LogP contribution in [0.1, 0.15) is 43.4 Å². The van der Waals surface area contributed by atoms with Gasteiger partial charge in [-0.1, -0.05) is 6.92 Å². The molecule has 1 aromatic rings. The zero-order valence-electron chi connectivity index (χ0n) is 10.3. The highest BCUT2D eigenvalue weighted by Gasteiger charge is 2.21. The zero-order valence-corrected chi connectivity index (χ0v) is 10.3. The number of rotatable bonds is 4. The number of carbonyl (C=O) groups is 1. The standard InChI is InChI=1S/C11H19N3O2/c1-5-7(3)16-11(15)10-9(12)8(4)13-14(10)6-2/h7H,5-6,12H2,1-4H3. The van der Waals surface area contributed by atoms with E-state index in [4.69, 9.17) is 10.5 Å². The molecule has 1 unspecified atom stereocenters. The van der Waals surface area contributed by atoms with Crippen LogP contribution in [0.2, 0.25) is 0 Å². The topological polar surface area (TPSA) is 70.1 Å². The molecule has 1 aromatic heterocycles. The lowest BCUT2D eigenvalue weighted by Gasteiger charge is -2.11. The van der Waals surface area contributed by atoms with Gasteiger partial charge in [0.15, 0.2) is 5.69 Å². The van der Waals surface area contributed by atoms with Crippen LogP contribution in [0.4, 0.5) is 5.69 Å². The third kappa shape index (κ3) is 2.35. The second kappa shape index (κ2) is 5.01. The van der Waals surface area contributed by atoms with Crippen molar-refractivity contribution in [2.24, 2.45) is 0 Å². The zero-order chi connectivity index (χ0) is 12.3. The van der Waals surface area contributed by atoms with Crippen molar-refractivity contribution >= 4 is 11.7 Å². The van der Waals surface area contributed by atoms with Gasteiger partial charge in [-0.2, -0.15) is 5.10 Å². The second-order valence-electron chi connectivity index (χ2n) is 3.79. The maximum absolute atomic E-state index is 11.9. The molecule has 1 heterocycles. The Labute approximate surface area is 95.6 Å². The van der Waals surface area contributed by atoms with Crippen LogP contribution in [-0.4, -0.2) is 21.9 Å². The average molecular weight is 225 g/mol. The summed E-state index contributed by atoms with van der Waals surface area (Å²) in [6, 6.07) is 0. The number of hydrogen-bond donors (Lipinski definition) is 1. The molecule has 16 heavy (non-hydrogen) atoms. The average Bonchev–Trinajstić information content (AvgIpc) is 2.54. The molecule has 1 rings (SSSR count). The maximum atomic E-state index is 11.9. The van der Waals surface area contributed by atoms with E-state index >= 15 is 0 Å². The number of hydrogen-bond acceptors (Lipinski definition) is 4. The van der Waals surface area contributed by atoms with Gasteiger partial charge in [-0.15, -0.1) is 0 Å². The van der Waals surface area contributed by atoms with Crippen LogP contribution in [0.15, 0.2) is 0 Å². The summed E-state index contributed by atoms with van der Waals surface area (Å²) in [6.07, 6.45) is 0.678. The molecule has 2 N–H and O–H groups in total. The summed E-state index contributed by atoms with van der Waals surface area (Å²) in [4.78, 5) is 11.9. The van der Waals surface area contributed by atoms with Gasteiger partial charge in [0.1, 0.15) is 0 Å². The van der Waals surface area contributed by atoms with Crippen molar-refractivity contribution in [2.75, 3.05) is 5.73 Å². The van der Waals surface area contributed by atoms with Crippen LogP contribution in [0.25, 0.3) is 0 Å². The molecule has 0 amide bonds. The van der Waals surface area contributed by atoms with Crippen LogP contribution in [0.5, 0.6) is 0 Å². The molecule has 0 aliphatic carbocycles. The first-order valence-corrected chi connectivity index (χ1v) is 5.55. The number of esters is 1. The van der Waals surface area contributed by atoms with Crippen LogP contribution in [0, 0.1) is 6.92 Å². The third-order valence-corrected chi connectivity index (χ3v) is 2.55. The monoisotopic (exact) mass is 225 g/mol. The van der Waals surface area contributed by atoms with E-state index in [1.165, 1.54) is 0 Å². The van der Waals surface area contributed by atoms with E-state index in [1.807, 2.05) is 20.8 Å². The summed E-state index contributed by atoms with van der Waals surface area (Å²) < 4.78 is 6.82. The minimum Gasteiger partial charge on any atom is -0.458 e. The Morgan fingerprint density at radius 2 is 2.19 bits per heavy atom. The second-order valence-corrected chi connectivity index (χ2v) is 3.79. The predicted molar refractivity (Wildman–Crippen MR) is 62.2 cm³/mol. The lowest BCUT2D eigenvalue weighted by molar-refractivity contribution is 0.0321. The lowest BCUT2D eigenvalue weighted by Crippen LogP contribution is -2.19. The fourth-order valence-corrected chi connectivity index (χ4v) is 1.36. The van der Waals surface area contributed by atoms with Gasteiger partial charge in [-0.05, 0) is 27.2 Å². The Morgan fingerprint density at radius 1 is 1.56 bits per heavy atom. The number of ether oxygens (including phenoxy) is 1. The highest BCUT2D eigenvalue weighted by molar-refractivity contribution is 5.93. The SMILES string of the molecule is CCC(C)OC(=O)c1c(N)c(C)nn1CC. The fraction of sp³-hybridized carbons (Fsp3) is 0.636. The summed E-state index contributed by atoms with van der Waals surface area (Å²) >= 11 is 0. The smallest absolute Gasteiger partial charge is 0.359 e. The van der Waals surface area contributed by atoms with Gasteiger partial charge in [-0.25, -0.2) is 4.79 Å². The molecule has 0 radical (unpaired) electrons. The van der Waals surface area contributed by atoms with E-state index in [0.29, 0.717) is 23.6 Å². The van der Waals surface area contributed by atoms with Gasteiger partial charge in [0.05, 0.1) is 17.5 Å². The molecular formula is C11H19N3O2. The van der Waals surface area contributed by atoms with E-state index in [-0.39, 0.29) is 6.10 Å². The van der Waals surface area contributed by atoms with Gasteiger partial charge in [-0.3, -0.25) is 4.68 Å². The van der Waals surface area contributed by atoms with Gasteiger partial charge in [0.2, 0.25) is 0 Å². The first-order valence-electron chi connectivity index (χ1n) is 5.55. The van der Waals surface area contributed by atoms with Crippen molar-refractivity contribution in [3.05, 3.63) is 11.4 Å². The third-order valence-electron chi connectivity index (χ3n) is 2.55. The first-order chi connectivity index (χ1) is 7.51. The Hall–Kier alpha value is -1.52. The number of anilines is 1. The number of nitrogen functional groups attached to an aromatic ring is 1. The quantitative estimate of drug-likeness (QED) is 0.792. The molecule has 5 nitrogen and oxygen atoms in total. The maximum Gasteiger partial charge on any atom is 0.359 e. The van der Waals surface area contributed by atoms with Crippen LogP contribution in [0.3, 0.4) is 0 Å². The summed E-state index contributed by atoms with van der Waals surface area (Å²) in [5.74, 6) is -0.394. The minimum absolute atomic E-state index is 0.104. The van der Waals surface area contributed by atoms with Crippen molar-refractivity contribution in [1.82, 2.24) is 9.78 Å². The highest BCUT2D eigenvalue weighted by atomic mass is 16.5. The molecule has 0 saturated heterocycles. The summed E-state index contributed by atoms with van der Waals surface area (Å²) in [5.41, 5.74) is 7.25. The van der Waals surface area contributed by atoms with Crippen LogP contribution in [-0.2, 0) is 11.3 Å². The van der Waals surface area contributed by atoms with E-state index < -0.39 is 5.97 Å². The van der Waals surface area contributed by atoms with Gasteiger partial charge < -0.3 is 10.5 Å². The Morgan fingerprint density at radius 3 is 2.69 bits per heavy atom. The number of nitrogens with two attached hydrogens (primary N) is 1. The number of carbonyl (C=O) groups excluding carboxylic acids is 1. The first kappa shape index (κ1) is 12.5. The molecule has 1 atom stereocenters. The number of nitrogens with zero attached hydrogens (tertiary/aromatic N) is 2. The lowest BCUT2D eigenvalue weighted by atomic mass is 10.3. The van der Waals surface area contributed by atoms with E-state index in [2.05, 4.69) is 5.10 Å². The van der Waals surface area contributed by atoms with E-state index in [9.17, 15) is 4.79 Å². The molecular weight excluding hydrogens is 206 g/mol. The Kier molecular flexibility index (Phi) is 3.93. The normalized spacial score (nSPS) is 12.5. The Bertz CT molecular complexity index is 385. The highest BCUT2D eigenvalue weighted by Crippen LogP contribution is 2.18. The summed E-state index contributed by atoms with van der Waals surface area (Å²) in [6.45, 7) is 8.10. The van der Waals surface area contributed by atoms with Crippen LogP contribution >= 0.6 is 0 Å². The molecule has 5 heteroatoms. The molecule has 0 aromatic carbocycles. The number of aryl methyl sites for hydroxylation is 2. The fourth-order valence-electron chi connectivity index (χ4n) is 1.36. The molecule has 90 valence electrons. The van der Waals surface area contributed by atoms with Crippen molar-refractivity contribution in [1.29, 1.82) is 0 Å². The number of aromatic nitrogens is 2. The predicted octanol–water partition coefficient (Wildman–Crippen LogP) is 1.75. The van der Waals surface area contributed by atoms with Crippen molar-refractivity contribution in [3.63, 3.8) is 0 Å². The van der Waals surface area contributed by atoms with Gasteiger partial charge in [0.25, 0.3) is 0 Å². The molecule has 0 aliphatic rings. The van der Waals surface area contributed by atoms with Crippen molar-refractivity contribution in [3.8, 4) is 0 Å². The van der Waals surface area contributed by atoms with E-state index in [1.54, 1.807) is 11.6 Å². The minimum atomic E-state index is -0.394. The summed E-state index contributed by atoms with van der Waals surface area (Å²) in [5, 5.41) is 4.17. The molecule has 0 saturated carbocycles. The molecule has 0 fully saturated rings. The van der Waals surface area contributed by atoms with Crippen molar-refractivity contribution < 1.29 is 9.53 Å². The molecule has 0 bridgehead atoms. The molecule has 0 aliphatic heterocycles. The largest absolute Gasteiger partial charge is 0.458 e.